The average Bonchev–Trinajstić information content (AvgIpc) is 3.03. The molecule has 2 N–H and O–H groups in total. The van der Waals surface area contributed by atoms with Crippen LogP contribution in [0.25, 0.3) is 5.65 Å². The van der Waals surface area contributed by atoms with E-state index in [9.17, 15) is 0 Å². The van der Waals surface area contributed by atoms with Crippen LogP contribution < -0.4 is 10.6 Å². The fraction of sp³-hybridized carbons (Fsp3) is 0.294. The van der Waals surface area contributed by atoms with Gasteiger partial charge in [0.25, 0.3) is 0 Å². The molecule has 124 valence electrons. The quantitative estimate of drug-likeness (QED) is 0.547. The van der Waals surface area contributed by atoms with Gasteiger partial charge in [-0.2, -0.15) is 0 Å². The molecule has 0 bridgehead atoms. The highest BCUT2D eigenvalue weighted by Crippen LogP contribution is 2.02. The molecule has 0 aliphatic carbocycles. The van der Waals surface area contributed by atoms with Crippen LogP contribution >= 0.6 is 0 Å². The van der Waals surface area contributed by atoms with Gasteiger partial charge in [0.15, 0.2) is 17.4 Å². The van der Waals surface area contributed by atoms with Crippen molar-refractivity contribution < 1.29 is 0 Å². The van der Waals surface area contributed by atoms with E-state index in [0.29, 0.717) is 6.54 Å². The van der Waals surface area contributed by atoms with Gasteiger partial charge in [-0.1, -0.05) is 12.1 Å². The van der Waals surface area contributed by atoms with Gasteiger partial charge in [-0.05, 0) is 37.1 Å². The molecular weight excluding hydrogens is 302 g/mol. The monoisotopic (exact) mass is 323 g/mol. The predicted molar refractivity (Wildman–Crippen MR) is 93.9 cm³/mol. The maximum Gasteiger partial charge on any atom is 0.191 e. The first-order valence-electron chi connectivity index (χ1n) is 7.91. The first-order chi connectivity index (χ1) is 11.8. The van der Waals surface area contributed by atoms with Crippen LogP contribution in [0.3, 0.4) is 0 Å². The van der Waals surface area contributed by atoms with E-state index in [4.69, 9.17) is 0 Å². The molecule has 0 radical (unpaired) electrons. The third-order valence-electron chi connectivity index (χ3n) is 3.70. The highest BCUT2D eigenvalue weighted by atomic mass is 15.3. The zero-order valence-electron chi connectivity index (χ0n) is 13.9. The molecule has 0 aliphatic rings. The molecule has 7 nitrogen and oxygen atoms in total. The Morgan fingerprint density at radius 3 is 2.88 bits per heavy atom. The van der Waals surface area contributed by atoms with Crippen LogP contribution in [0.5, 0.6) is 0 Å². The number of rotatable bonds is 5. The van der Waals surface area contributed by atoms with E-state index >= 15 is 0 Å². The Labute approximate surface area is 140 Å². The van der Waals surface area contributed by atoms with Gasteiger partial charge in [-0.25, -0.2) is 0 Å². The lowest BCUT2D eigenvalue weighted by Gasteiger charge is -2.11. The number of nitrogens with zero attached hydrogens (tertiary/aromatic N) is 5. The Hall–Kier alpha value is -2.96. The molecule has 0 unspecified atom stereocenters. The molecule has 0 atom stereocenters. The van der Waals surface area contributed by atoms with Crippen molar-refractivity contribution in [3.8, 4) is 0 Å². The zero-order chi connectivity index (χ0) is 16.8. The molecule has 3 aromatic heterocycles. The first kappa shape index (κ1) is 15.9. The number of aryl methyl sites for hydroxylation is 1. The highest BCUT2D eigenvalue weighted by molar-refractivity contribution is 5.79. The number of aliphatic imine (C=N–C) groups is 1. The summed E-state index contributed by atoms with van der Waals surface area (Å²) in [6, 6.07) is 9.96. The molecule has 3 aromatic rings. The fourth-order valence-electron chi connectivity index (χ4n) is 2.37. The number of hydrogen-bond donors (Lipinski definition) is 2. The zero-order valence-corrected chi connectivity index (χ0v) is 13.9. The summed E-state index contributed by atoms with van der Waals surface area (Å²) < 4.78 is 1.96. The van der Waals surface area contributed by atoms with Crippen molar-refractivity contribution >= 4 is 11.6 Å². The SMILES string of the molecule is CN=C(NCCc1ccc(C)nc1)NCc1nnc2ccccn12. The summed E-state index contributed by atoms with van der Waals surface area (Å²) in [6.07, 6.45) is 4.75. The molecule has 7 heteroatoms. The van der Waals surface area contributed by atoms with Crippen LogP contribution in [0.15, 0.2) is 47.7 Å². The largest absolute Gasteiger partial charge is 0.356 e. The Bertz CT molecular complexity index is 820. The summed E-state index contributed by atoms with van der Waals surface area (Å²) in [4.78, 5) is 8.54. The maximum absolute atomic E-state index is 4.30. The molecule has 0 fully saturated rings. The second-order valence-corrected chi connectivity index (χ2v) is 5.46. The summed E-state index contributed by atoms with van der Waals surface area (Å²) in [7, 11) is 1.75. The molecular formula is C17H21N7. The molecule has 0 amide bonds. The lowest BCUT2D eigenvalue weighted by molar-refractivity contribution is 0.756. The molecule has 3 rings (SSSR count). The van der Waals surface area contributed by atoms with E-state index in [1.54, 1.807) is 7.05 Å². The first-order valence-corrected chi connectivity index (χ1v) is 7.91. The summed E-state index contributed by atoms with van der Waals surface area (Å²) in [6.45, 7) is 3.32. The Kier molecular flexibility index (Phi) is 5.00. The van der Waals surface area contributed by atoms with Crippen LogP contribution in [0.2, 0.25) is 0 Å². The normalized spacial score (nSPS) is 11.7. The van der Waals surface area contributed by atoms with Gasteiger partial charge in [0, 0.05) is 31.7 Å². The minimum atomic E-state index is 0.553. The van der Waals surface area contributed by atoms with E-state index in [1.807, 2.05) is 48.0 Å². The second kappa shape index (κ2) is 7.54. The Morgan fingerprint density at radius 1 is 1.17 bits per heavy atom. The number of aromatic nitrogens is 4. The third-order valence-corrected chi connectivity index (χ3v) is 3.70. The minimum absolute atomic E-state index is 0.553. The van der Waals surface area contributed by atoms with E-state index in [1.165, 1.54) is 5.56 Å². The van der Waals surface area contributed by atoms with Gasteiger partial charge in [0.1, 0.15) is 0 Å². The van der Waals surface area contributed by atoms with E-state index < -0.39 is 0 Å². The summed E-state index contributed by atoms with van der Waals surface area (Å²) in [5, 5.41) is 14.9. The average molecular weight is 323 g/mol. The molecule has 0 saturated heterocycles. The van der Waals surface area contributed by atoms with Crippen molar-refractivity contribution in [2.75, 3.05) is 13.6 Å². The van der Waals surface area contributed by atoms with Crippen LogP contribution in [0.1, 0.15) is 17.1 Å². The number of guanidine groups is 1. The summed E-state index contributed by atoms with van der Waals surface area (Å²) in [5.74, 6) is 1.58. The molecule has 24 heavy (non-hydrogen) atoms. The molecule has 0 aliphatic heterocycles. The van der Waals surface area contributed by atoms with E-state index in [0.717, 1.165) is 36.1 Å². The van der Waals surface area contributed by atoms with Crippen molar-refractivity contribution in [3.63, 3.8) is 0 Å². The van der Waals surface area contributed by atoms with Gasteiger partial charge in [-0.3, -0.25) is 14.4 Å². The number of pyridine rings is 2. The fourth-order valence-corrected chi connectivity index (χ4v) is 2.37. The van der Waals surface area contributed by atoms with Crippen LogP contribution in [-0.4, -0.2) is 39.1 Å². The number of hydrogen-bond acceptors (Lipinski definition) is 4. The lowest BCUT2D eigenvalue weighted by Crippen LogP contribution is -2.38. The molecule has 3 heterocycles. The number of nitrogens with one attached hydrogen (secondary N) is 2. The van der Waals surface area contributed by atoms with Crippen molar-refractivity contribution in [2.24, 2.45) is 4.99 Å². The molecule has 0 spiro atoms. The van der Waals surface area contributed by atoms with E-state index in [-0.39, 0.29) is 0 Å². The topological polar surface area (TPSA) is 79.5 Å². The van der Waals surface area contributed by atoms with Crippen molar-refractivity contribution in [2.45, 2.75) is 19.9 Å². The van der Waals surface area contributed by atoms with Crippen molar-refractivity contribution in [1.82, 2.24) is 30.2 Å². The summed E-state index contributed by atoms with van der Waals surface area (Å²) >= 11 is 0. The third kappa shape index (κ3) is 3.87. The smallest absolute Gasteiger partial charge is 0.191 e. The second-order valence-electron chi connectivity index (χ2n) is 5.46. The molecule has 0 saturated carbocycles. The van der Waals surface area contributed by atoms with Crippen LogP contribution in [-0.2, 0) is 13.0 Å². The maximum atomic E-state index is 4.30. The predicted octanol–water partition coefficient (Wildman–Crippen LogP) is 1.34. The van der Waals surface area contributed by atoms with E-state index in [2.05, 4.69) is 36.9 Å². The van der Waals surface area contributed by atoms with Gasteiger partial charge in [0.2, 0.25) is 0 Å². The molecule has 0 aromatic carbocycles. The number of fused-ring (bicyclic) bond motifs is 1. The summed E-state index contributed by atoms with van der Waals surface area (Å²) in [5.41, 5.74) is 3.07. The van der Waals surface area contributed by atoms with Gasteiger partial charge >= 0.3 is 0 Å². The highest BCUT2D eigenvalue weighted by Gasteiger charge is 2.05. The Balaban J connectivity index is 1.51. The van der Waals surface area contributed by atoms with Gasteiger partial charge < -0.3 is 10.6 Å². The van der Waals surface area contributed by atoms with Crippen LogP contribution in [0, 0.1) is 6.92 Å². The van der Waals surface area contributed by atoms with Crippen molar-refractivity contribution in [1.29, 1.82) is 0 Å². The van der Waals surface area contributed by atoms with Gasteiger partial charge in [-0.15, -0.1) is 10.2 Å². The van der Waals surface area contributed by atoms with Gasteiger partial charge in [0.05, 0.1) is 6.54 Å². The Morgan fingerprint density at radius 2 is 2.08 bits per heavy atom. The van der Waals surface area contributed by atoms with Crippen LogP contribution in [0.4, 0.5) is 0 Å². The van der Waals surface area contributed by atoms with Crippen molar-refractivity contribution in [3.05, 3.63) is 59.8 Å². The minimum Gasteiger partial charge on any atom is -0.356 e. The standard InChI is InChI=1S/C17H21N7/c1-13-6-7-14(11-20-13)8-9-19-17(18-2)21-12-16-23-22-15-5-3-4-10-24(15)16/h3-7,10-11H,8-9,12H2,1-2H3,(H2,18,19,21). The lowest BCUT2D eigenvalue weighted by atomic mass is 10.2.